The molecule has 1 fully saturated rings. The van der Waals surface area contributed by atoms with Crippen LogP contribution in [0.4, 0.5) is 0 Å². The predicted octanol–water partition coefficient (Wildman–Crippen LogP) is 2.48. The van der Waals surface area contributed by atoms with Crippen LogP contribution in [0, 0.1) is 5.92 Å². The highest BCUT2D eigenvalue weighted by molar-refractivity contribution is 7.89. The topological polar surface area (TPSA) is 50.5 Å². The fraction of sp³-hybridized carbons (Fsp3) is 0.667. The Morgan fingerprint density at radius 3 is 2.88 bits per heavy atom. The van der Waals surface area contributed by atoms with Crippen molar-refractivity contribution >= 4 is 10.0 Å². The fourth-order valence-corrected chi connectivity index (χ4v) is 3.75. The van der Waals surface area contributed by atoms with Gasteiger partial charge in [-0.2, -0.15) is 4.31 Å². The predicted molar refractivity (Wildman–Crippen MR) is 65.1 cm³/mol. The van der Waals surface area contributed by atoms with Gasteiger partial charge in [-0.05, 0) is 31.2 Å². The van der Waals surface area contributed by atoms with E-state index in [4.69, 9.17) is 4.42 Å². The van der Waals surface area contributed by atoms with E-state index in [2.05, 4.69) is 6.92 Å². The van der Waals surface area contributed by atoms with E-state index in [1.807, 2.05) is 0 Å². The lowest BCUT2D eigenvalue weighted by molar-refractivity contribution is 0.407. The molecule has 17 heavy (non-hydrogen) atoms. The largest absolute Gasteiger partial charge is 0.471 e. The smallest absolute Gasteiger partial charge is 0.246 e. The molecule has 4 nitrogen and oxygen atoms in total. The van der Waals surface area contributed by atoms with Crippen molar-refractivity contribution in [3.63, 3.8) is 0 Å². The van der Waals surface area contributed by atoms with Crippen LogP contribution < -0.4 is 0 Å². The standard InChI is InChI=1S/C12H19NO3S/c1-2-11-4-3-7-13(8-5-11)17(14,15)12-6-9-16-10-12/h6,9-11H,2-5,7-8H2,1H3. The summed E-state index contributed by atoms with van der Waals surface area (Å²) in [5.41, 5.74) is 0. The van der Waals surface area contributed by atoms with Gasteiger partial charge in [0.1, 0.15) is 11.2 Å². The third-order valence-corrected chi connectivity index (χ3v) is 5.39. The molecule has 1 aliphatic heterocycles. The molecular weight excluding hydrogens is 238 g/mol. The lowest BCUT2D eigenvalue weighted by Gasteiger charge is -2.18. The molecule has 0 aliphatic carbocycles. The Kier molecular flexibility index (Phi) is 3.89. The van der Waals surface area contributed by atoms with E-state index >= 15 is 0 Å². The van der Waals surface area contributed by atoms with Gasteiger partial charge >= 0.3 is 0 Å². The maximum atomic E-state index is 12.3. The molecule has 96 valence electrons. The van der Waals surface area contributed by atoms with Crippen LogP contribution in [0.25, 0.3) is 0 Å². The summed E-state index contributed by atoms with van der Waals surface area (Å²) in [6.45, 7) is 3.43. The van der Waals surface area contributed by atoms with Crippen LogP contribution in [0.1, 0.15) is 32.6 Å². The van der Waals surface area contributed by atoms with Gasteiger partial charge in [0.2, 0.25) is 10.0 Å². The second kappa shape index (κ2) is 5.23. The molecule has 1 unspecified atom stereocenters. The van der Waals surface area contributed by atoms with Crippen LogP contribution in [0.5, 0.6) is 0 Å². The van der Waals surface area contributed by atoms with Gasteiger partial charge < -0.3 is 4.42 Å². The lowest BCUT2D eigenvalue weighted by Crippen LogP contribution is -2.31. The summed E-state index contributed by atoms with van der Waals surface area (Å²) in [6, 6.07) is 1.51. The van der Waals surface area contributed by atoms with Crippen LogP contribution in [-0.4, -0.2) is 25.8 Å². The molecule has 1 aromatic heterocycles. The molecule has 0 aromatic carbocycles. The summed E-state index contributed by atoms with van der Waals surface area (Å²) in [4.78, 5) is 0.271. The van der Waals surface area contributed by atoms with Crippen molar-refractivity contribution in [1.82, 2.24) is 4.31 Å². The summed E-state index contributed by atoms with van der Waals surface area (Å²) in [6.07, 6.45) is 6.90. The summed E-state index contributed by atoms with van der Waals surface area (Å²) in [5, 5.41) is 0. The SMILES string of the molecule is CCC1CCCN(S(=O)(=O)c2ccoc2)CC1. The third-order valence-electron chi connectivity index (χ3n) is 3.52. The lowest BCUT2D eigenvalue weighted by atomic mass is 9.98. The number of nitrogens with zero attached hydrogens (tertiary/aromatic N) is 1. The van der Waals surface area contributed by atoms with Gasteiger partial charge in [-0.3, -0.25) is 0 Å². The highest BCUT2D eigenvalue weighted by atomic mass is 32.2. The van der Waals surface area contributed by atoms with E-state index in [-0.39, 0.29) is 4.90 Å². The quantitative estimate of drug-likeness (QED) is 0.836. The number of furan rings is 1. The second-order valence-electron chi connectivity index (χ2n) is 4.57. The highest BCUT2D eigenvalue weighted by Gasteiger charge is 2.27. The molecule has 5 heteroatoms. The average molecular weight is 257 g/mol. The average Bonchev–Trinajstić information content (AvgIpc) is 2.74. The van der Waals surface area contributed by atoms with Crippen molar-refractivity contribution in [2.75, 3.05) is 13.1 Å². The molecule has 1 aliphatic rings. The first-order valence-electron chi connectivity index (χ1n) is 6.17. The van der Waals surface area contributed by atoms with E-state index in [0.29, 0.717) is 19.0 Å². The van der Waals surface area contributed by atoms with Gasteiger partial charge in [0.15, 0.2) is 0 Å². The van der Waals surface area contributed by atoms with E-state index in [9.17, 15) is 8.42 Å². The molecule has 0 bridgehead atoms. The highest BCUT2D eigenvalue weighted by Crippen LogP contribution is 2.24. The second-order valence-corrected chi connectivity index (χ2v) is 6.51. The Labute approximate surface area is 103 Å². The van der Waals surface area contributed by atoms with E-state index in [1.165, 1.54) is 18.6 Å². The van der Waals surface area contributed by atoms with Crippen molar-refractivity contribution in [3.05, 3.63) is 18.6 Å². The number of hydrogen-bond donors (Lipinski definition) is 0. The molecular formula is C12H19NO3S. The van der Waals surface area contributed by atoms with E-state index in [1.54, 1.807) is 4.31 Å². The Hall–Kier alpha value is -0.810. The Balaban J connectivity index is 2.12. The van der Waals surface area contributed by atoms with Gasteiger partial charge in [0.05, 0.1) is 6.26 Å². The summed E-state index contributed by atoms with van der Waals surface area (Å²) in [7, 11) is -3.33. The molecule has 1 saturated heterocycles. The first-order valence-corrected chi connectivity index (χ1v) is 7.61. The maximum absolute atomic E-state index is 12.3. The van der Waals surface area contributed by atoms with E-state index < -0.39 is 10.0 Å². The minimum Gasteiger partial charge on any atom is -0.471 e. The normalized spacial score (nSPS) is 23.5. The zero-order chi connectivity index (χ0) is 12.3. The molecule has 0 radical (unpaired) electrons. The van der Waals surface area contributed by atoms with Crippen molar-refractivity contribution in [2.45, 2.75) is 37.5 Å². The molecule has 1 atom stereocenters. The molecule has 0 amide bonds. The number of sulfonamides is 1. The fourth-order valence-electron chi connectivity index (χ4n) is 2.34. The van der Waals surface area contributed by atoms with Crippen LogP contribution >= 0.6 is 0 Å². The molecule has 2 heterocycles. The molecule has 2 rings (SSSR count). The monoisotopic (exact) mass is 257 g/mol. The van der Waals surface area contributed by atoms with Crippen molar-refractivity contribution in [1.29, 1.82) is 0 Å². The van der Waals surface area contributed by atoms with Crippen molar-refractivity contribution < 1.29 is 12.8 Å². The molecule has 0 N–H and O–H groups in total. The van der Waals surface area contributed by atoms with Crippen LogP contribution in [0.3, 0.4) is 0 Å². The van der Waals surface area contributed by atoms with Gasteiger partial charge in [-0.15, -0.1) is 0 Å². The van der Waals surface area contributed by atoms with Gasteiger partial charge in [0, 0.05) is 13.1 Å². The first kappa shape index (κ1) is 12.6. The summed E-state index contributed by atoms with van der Waals surface area (Å²) in [5.74, 6) is 0.666. The summed E-state index contributed by atoms with van der Waals surface area (Å²) < 4.78 is 31.0. The van der Waals surface area contributed by atoms with Crippen molar-refractivity contribution in [3.8, 4) is 0 Å². The Bertz CT molecular complexity index is 438. The van der Waals surface area contributed by atoms with E-state index in [0.717, 1.165) is 25.7 Å². The molecule has 0 saturated carbocycles. The minimum atomic E-state index is -3.33. The van der Waals surface area contributed by atoms with Crippen LogP contribution in [0.15, 0.2) is 27.9 Å². The molecule has 1 aromatic rings. The Morgan fingerprint density at radius 2 is 2.24 bits per heavy atom. The molecule has 0 spiro atoms. The summed E-state index contributed by atoms with van der Waals surface area (Å²) >= 11 is 0. The third kappa shape index (κ3) is 2.72. The number of hydrogen-bond acceptors (Lipinski definition) is 3. The van der Waals surface area contributed by atoms with Gasteiger partial charge in [-0.1, -0.05) is 13.3 Å². The van der Waals surface area contributed by atoms with Gasteiger partial charge in [-0.25, -0.2) is 8.42 Å². The first-order chi connectivity index (χ1) is 8.14. The Morgan fingerprint density at radius 1 is 1.41 bits per heavy atom. The maximum Gasteiger partial charge on any atom is 0.246 e. The van der Waals surface area contributed by atoms with Gasteiger partial charge in [0.25, 0.3) is 0 Å². The van der Waals surface area contributed by atoms with Crippen molar-refractivity contribution in [2.24, 2.45) is 5.92 Å². The zero-order valence-electron chi connectivity index (χ0n) is 10.1. The number of rotatable bonds is 3. The van der Waals surface area contributed by atoms with Crippen LogP contribution in [0.2, 0.25) is 0 Å². The van der Waals surface area contributed by atoms with Crippen LogP contribution in [-0.2, 0) is 10.0 Å². The minimum absolute atomic E-state index is 0.271. The zero-order valence-corrected chi connectivity index (χ0v) is 10.9.